The highest BCUT2D eigenvalue weighted by Crippen LogP contribution is 2.35. The van der Waals surface area contributed by atoms with E-state index in [4.69, 9.17) is 4.74 Å². The van der Waals surface area contributed by atoms with Gasteiger partial charge in [0.05, 0.1) is 16.6 Å². The molecule has 0 saturated heterocycles. The van der Waals surface area contributed by atoms with E-state index in [1.807, 2.05) is 0 Å². The van der Waals surface area contributed by atoms with Crippen molar-refractivity contribution in [2.24, 2.45) is 7.05 Å². The normalized spacial score (nSPS) is 11.6. The molecule has 6 heteroatoms. The molecular formula is C19H20FN3O2. The Morgan fingerprint density at radius 2 is 1.88 bits per heavy atom. The second kappa shape index (κ2) is 6.20. The highest BCUT2D eigenvalue weighted by Gasteiger charge is 2.27. The SMILES string of the molecule is Cn1c(C(=O)OC(C)(C)C)c(Nc2ccncc2)c2c(F)cccc21. The molecule has 0 saturated carbocycles. The van der Waals surface area contributed by atoms with Crippen LogP contribution in [-0.2, 0) is 11.8 Å². The molecule has 1 N–H and O–H groups in total. The fraction of sp³-hybridized carbons (Fsp3) is 0.263. The lowest BCUT2D eigenvalue weighted by Gasteiger charge is -2.20. The predicted octanol–water partition coefficient (Wildman–Crippen LogP) is 4.41. The number of benzene rings is 1. The first-order chi connectivity index (χ1) is 11.8. The van der Waals surface area contributed by atoms with Crippen LogP contribution in [0.5, 0.6) is 0 Å². The van der Waals surface area contributed by atoms with Crippen molar-refractivity contribution in [2.45, 2.75) is 26.4 Å². The minimum Gasteiger partial charge on any atom is -0.455 e. The number of aromatic nitrogens is 2. The number of carbonyl (C=O) groups excluding carboxylic acids is 1. The Bertz CT molecular complexity index is 927. The molecule has 0 fully saturated rings. The van der Waals surface area contributed by atoms with Crippen LogP contribution in [0.2, 0.25) is 0 Å². The zero-order chi connectivity index (χ0) is 18.2. The van der Waals surface area contributed by atoms with Crippen LogP contribution in [0.15, 0.2) is 42.7 Å². The summed E-state index contributed by atoms with van der Waals surface area (Å²) in [5.41, 5.74) is 1.32. The standard InChI is InChI=1S/C19H20FN3O2/c1-19(2,3)25-18(24)17-16(22-12-8-10-21-11-9-12)15-13(20)6-5-7-14(15)23(17)4/h5-11H,1-4H3,(H,21,22). The van der Waals surface area contributed by atoms with Crippen LogP contribution < -0.4 is 5.32 Å². The molecule has 0 atom stereocenters. The minimum absolute atomic E-state index is 0.270. The van der Waals surface area contributed by atoms with E-state index in [9.17, 15) is 9.18 Å². The predicted molar refractivity (Wildman–Crippen MR) is 95.6 cm³/mol. The van der Waals surface area contributed by atoms with Gasteiger partial charge in [0.15, 0.2) is 5.69 Å². The van der Waals surface area contributed by atoms with Crippen molar-refractivity contribution in [2.75, 3.05) is 5.32 Å². The summed E-state index contributed by atoms with van der Waals surface area (Å²) in [7, 11) is 1.72. The molecule has 2 aromatic heterocycles. The molecule has 0 bridgehead atoms. The van der Waals surface area contributed by atoms with E-state index in [0.29, 0.717) is 22.3 Å². The van der Waals surface area contributed by atoms with E-state index in [1.165, 1.54) is 6.07 Å². The van der Waals surface area contributed by atoms with Crippen molar-refractivity contribution >= 4 is 28.2 Å². The molecule has 3 rings (SSSR count). The second-order valence-electron chi connectivity index (χ2n) is 6.78. The number of anilines is 2. The summed E-state index contributed by atoms with van der Waals surface area (Å²) in [6.07, 6.45) is 3.24. The van der Waals surface area contributed by atoms with Gasteiger partial charge in [-0.25, -0.2) is 9.18 Å². The fourth-order valence-corrected chi connectivity index (χ4v) is 2.71. The maximum Gasteiger partial charge on any atom is 0.357 e. The number of rotatable bonds is 3. The van der Waals surface area contributed by atoms with Gasteiger partial charge in [0.25, 0.3) is 0 Å². The lowest BCUT2D eigenvalue weighted by molar-refractivity contribution is 0.00608. The summed E-state index contributed by atoms with van der Waals surface area (Å²) < 4.78 is 21.7. The molecule has 0 amide bonds. The Kier molecular flexibility index (Phi) is 4.20. The zero-order valence-corrected chi connectivity index (χ0v) is 14.6. The molecule has 0 aliphatic carbocycles. The molecule has 1 aromatic carbocycles. The van der Waals surface area contributed by atoms with Gasteiger partial charge in [0.1, 0.15) is 11.4 Å². The monoisotopic (exact) mass is 341 g/mol. The van der Waals surface area contributed by atoms with Gasteiger partial charge >= 0.3 is 5.97 Å². The third-order valence-corrected chi connectivity index (χ3v) is 3.72. The van der Waals surface area contributed by atoms with Gasteiger partial charge in [0, 0.05) is 25.1 Å². The average Bonchev–Trinajstić information content (AvgIpc) is 2.80. The van der Waals surface area contributed by atoms with Crippen molar-refractivity contribution in [1.29, 1.82) is 0 Å². The highest BCUT2D eigenvalue weighted by atomic mass is 19.1. The summed E-state index contributed by atoms with van der Waals surface area (Å²) in [5, 5.41) is 3.49. The van der Waals surface area contributed by atoms with Crippen LogP contribution >= 0.6 is 0 Å². The van der Waals surface area contributed by atoms with Gasteiger partial charge < -0.3 is 14.6 Å². The van der Waals surface area contributed by atoms with Crippen LogP contribution in [0.4, 0.5) is 15.8 Å². The zero-order valence-electron chi connectivity index (χ0n) is 14.6. The summed E-state index contributed by atoms with van der Waals surface area (Å²) in [6, 6.07) is 8.26. The Labute approximate surface area is 145 Å². The number of halogens is 1. The van der Waals surface area contributed by atoms with E-state index in [-0.39, 0.29) is 5.69 Å². The molecule has 3 aromatic rings. The van der Waals surface area contributed by atoms with Gasteiger partial charge in [-0.1, -0.05) is 6.07 Å². The molecule has 25 heavy (non-hydrogen) atoms. The van der Waals surface area contributed by atoms with Crippen LogP contribution in [0.1, 0.15) is 31.3 Å². The van der Waals surface area contributed by atoms with Gasteiger partial charge in [-0.3, -0.25) is 4.98 Å². The number of hydrogen-bond donors (Lipinski definition) is 1. The number of nitrogens with zero attached hydrogens (tertiary/aromatic N) is 2. The summed E-state index contributed by atoms with van der Waals surface area (Å²) in [4.78, 5) is 16.7. The van der Waals surface area contributed by atoms with E-state index < -0.39 is 17.4 Å². The first kappa shape index (κ1) is 17.0. The third kappa shape index (κ3) is 3.33. The molecule has 0 spiro atoms. The first-order valence-electron chi connectivity index (χ1n) is 7.95. The molecule has 5 nitrogen and oxygen atoms in total. The van der Waals surface area contributed by atoms with Crippen molar-refractivity contribution in [3.63, 3.8) is 0 Å². The molecule has 0 aliphatic rings. The number of carbonyl (C=O) groups is 1. The molecule has 2 heterocycles. The van der Waals surface area contributed by atoms with Crippen LogP contribution in [0, 0.1) is 5.82 Å². The number of ether oxygens (including phenoxy) is 1. The quantitative estimate of drug-likeness (QED) is 0.717. The molecule has 0 radical (unpaired) electrons. The number of nitrogens with one attached hydrogen (secondary N) is 1. The fourth-order valence-electron chi connectivity index (χ4n) is 2.71. The Hall–Kier alpha value is -2.89. The Morgan fingerprint density at radius 1 is 1.20 bits per heavy atom. The summed E-state index contributed by atoms with van der Waals surface area (Å²) >= 11 is 0. The van der Waals surface area contributed by atoms with Crippen molar-refractivity contribution < 1.29 is 13.9 Å². The van der Waals surface area contributed by atoms with E-state index in [2.05, 4.69) is 10.3 Å². The van der Waals surface area contributed by atoms with Crippen molar-refractivity contribution in [3.8, 4) is 0 Å². The van der Waals surface area contributed by atoms with E-state index in [0.717, 1.165) is 0 Å². The third-order valence-electron chi connectivity index (χ3n) is 3.72. The number of fused-ring (bicyclic) bond motifs is 1. The Morgan fingerprint density at radius 3 is 2.52 bits per heavy atom. The average molecular weight is 341 g/mol. The highest BCUT2D eigenvalue weighted by molar-refractivity contribution is 6.08. The minimum atomic E-state index is -0.653. The second-order valence-corrected chi connectivity index (χ2v) is 6.78. The van der Waals surface area contributed by atoms with Gasteiger partial charge in [0.2, 0.25) is 0 Å². The number of hydrogen-bond acceptors (Lipinski definition) is 4. The van der Waals surface area contributed by atoms with Gasteiger partial charge in [-0.05, 0) is 45.0 Å². The number of esters is 1. The Balaban J connectivity index is 2.21. The van der Waals surface area contributed by atoms with Crippen molar-refractivity contribution in [3.05, 3.63) is 54.2 Å². The summed E-state index contributed by atoms with van der Waals surface area (Å²) in [6.45, 7) is 5.39. The summed E-state index contributed by atoms with van der Waals surface area (Å²) in [5.74, 6) is -0.915. The lowest BCUT2D eigenvalue weighted by Crippen LogP contribution is -2.25. The lowest BCUT2D eigenvalue weighted by atomic mass is 10.2. The molecular weight excluding hydrogens is 321 g/mol. The van der Waals surface area contributed by atoms with E-state index >= 15 is 0 Å². The van der Waals surface area contributed by atoms with E-state index in [1.54, 1.807) is 69.0 Å². The smallest absolute Gasteiger partial charge is 0.357 e. The van der Waals surface area contributed by atoms with Gasteiger partial charge in [-0.15, -0.1) is 0 Å². The number of pyridine rings is 1. The maximum atomic E-state index is 14.5. The first-order valence-corrected chi connectivity index (χ1v) is 7.95. The molecule has 130 valence electrons. The van der Waals surface area contributed by atoms with Crippen LogP contribution in [0.25, 0.3) is 10.9 Å². The van der Waals surface area contributed by atoms with Gasteiger partial charge in [-0.2, -0.15) is 0 Å². The van der Waals surface area contributed by atoms with Crippen LogP contribution in [-0.4, -0.2) is 21.1 Å². The maximum absolute atomic E-state index is 14.5. The number of aryl methyl sites for hydroxylation is 1. The van der Waals surface area contributed by atoms with Crippen molar-refractivity contribution in [1.82, 2.24) is 9.55 Å². The molecule has 0 aliphatic heterocycles. The topological polar surface area (TPSA) is 56.1 Å². The largest absolute Gasteiger partial charge is 0.455 e. The molecule has 0 unspecified atom stereocenters. The van der Waals surface area contributed by atoms with Crippen LogP contribution in [0.3, 0.4) is 0 Å².